The average molecular weight is 427 g/mol. The van der Waals surface area contributed by atoms with Crippen molar-refractivity contribution in [3.63, 3.8) is 0 Å². The second-order valence-electron chi connectivity index (χ2n) is 5.47. The van der Waals surface area contributed by atoms with Gasteiger partial charge in [-0.05, 0) is 51.5 Å². The average Bonchev–Trinajstić information content (AvgIpc) is 2.86. The van der Waals surface area contributed by atoms with Crippen molar-refractivity contribution < 1.29 is 24.2 Å². The van der Waals surface area contributed by atoms with Gasteiger partial charge >= 0.3 is 0 Å². The minimum absolute atomic E-state index is 0.0846. The van der Waals surface area contributed by atoms with Crippen LogP contribution in [0.4, 0.5) is 4.79 Å². The molecule has 0 aliphatic carbocycles. The molecular formula is C16H15BrN2O5S. The van der Waals surface area contributed by atoms with Crippen LogP contribution in [0.1, 0.15) is 5.56 Å². The molecule has 0 bridgehead atoms. The van der Waals surface area contributed by atoms with Gasteiger partial charge < -0.3 is 14.7 Å². The topological polar surface area (TPSA) is 87.2 Å². The van der Waals surface area contributed by atoms with E-state index in [1.807, 2.05) is 0 Å². The van der Waals surface area contributed by atoms with E-state index in [1.54, 1.807) is 23.1 Å². The molecule has 2 heterocycles. The zero-order valence-electron chi connectivity index (χ0n) is 13.1. The van der Waals surface area contributed by atoms with Crippen molar-refractivity contribution in [1.82, 2.24) is 9.80 Å². The summed E-state index contributed by atoms with van der Waals surface area (Å²) in [5.41, 5.74) is 0.662. The predicted molar refractivity (Wildman–Crippen MR) is 95.9 cm³/mol. The lowest BCUT2D eigenvalue weighted by Gasteiger charge is -2.28. The Bertz CT molecular complexity index is 761. The van der Waals surface area contributed by atoms with Gasteiger partial charge in [-0.15, -0.1) is 0 Å². The van der Waals surface area contributed by atoms with Crippen LogP contribution in [0.15, 0.2) is 27.6 Å². The van der Waals surface area contributed by atoms with Crippen molar-refractivity contribution in [3.05, 3.63) is 33.1 Å². The molecule has 0 atom stereocenters. The first-order chi connectivity index (χ1) is 12.0. The third-order valence-corrected chi connectivity index (χ3v) is 5.34. The standard InChI is InChI=1S/C16H15BrN2O5S/c17-11-7-10(1-2-12(11)20)8-13-15(22)19(16(23)25-13)9-14(21)18-3-5-24-6-4-18/h1-2,7-8,20H,3-6,9H2/b13-8+. The smallest absolute Gasteiger partial charge is 0.294 e. The molecule has 0 spiro atoms. The maximum absolute atomic E-state index is 12.4. The van der Waals surface area contributed by atoms with E-state index in [1.165, 1.54) is 6.07 Å². The van der Waals surface area contributed by atoms with Crippen LogP contribution in [-0.2, 0) is 14.3 Å². The number of amides is 3. The molecule has 1 aromatic carbocycles. The quantitative estimate of drug-likeness (QED) is 0.744. The van der Waals surface area contributed by atoms with Crippen molar-refractivity contribution in [2.45, 2.75) is 0 Å². The molecule has 9 heteroatoms. The lowest BCUT2D eigenvalue weighted by Crippen LogP contribution is -2.46. The zero-order chi connectivity index (χ0) is 18.0. The maximum atomic E-state index is 12.4. The lowest BCUT2D eigenvalue weighted by atomic mass is 10.2. The minimum Gasteiger partial charge on any atom is -0.507 e. The fraction of sp³-hybridized carbons (Fsp3) is 0.312. The highest BCUT2D eigenvalue weighted by Crippen LogP contribution is 2.33. The Morgan fingerprint density at radius 3 is 2.72 bits per heavy atom. The third kappa shape index (κ3) is 4.05. The Hall–Kier alpha value is -1.84. The number of thioether (sulfide) groups is 1. The van der Waals surface area contributed by atoms with Gasteiger partial charge in [0.05, 0.1) is 22.6 Å². The number of phenols is 1. The minimum atomic E-state index is -0.485. The molecule has 3 amide bonds. The number of morpholine rings is 1. The molecule has 2 fully saturated rings. The van der Waals surface area contributed by atoms with E-state index in [4.69, 9.17) is 4.74 Å². The van der Waals surface area contributed by atoms with Crippen LogP contribution in [-0.4, -0.2) is 64.8 Å². The fourth-order valence-corrected chi connectivity index (χ4v) is 3.68. The number of rotatable bonds is 3. The lowest BCUT2D eigenvalue weighted by molar-refractivity contribution is -0.139. The molecular weight excluding hydrogens is 412 g/mol. The number of hydrogen-bond donors (Lipinski definition) is 1. The van der Waals surface area contributed by atoms with Gasteiger partial charge in [-0.25, -0.2) is 0 Å². The Morgan fingerprint density at radius 1 is 1.32 bits per heavy atom. The van der Waals surface area contributed by atoms with Gasteiger partial charge in [0.15, 0.2) is 0 Å². The van der Waals surface area contributed by atoms with E-state index in [2.05, 4.69) is 15.9 Å². The molecule has 2 aliphatic rings. The second-order valence-corrected chi connectivity index (χ2v) is 7.32. The number of imide groups is 1. The summed E-state index contributed by atoms with van der Waals surface area (Å²) in [6.45, 7) is 1.59. The van der Waals surface area contributed by atoms with E-state index < -0.39 is 11.1 Å². The highest BCUT2D eigenvalue weighted by atomic mass is 79.9. The van der Waals surface area contributed by atoms with Crippen LogP contribution < -0.4 is 0 Å². The second kappa shape index (κ2) is 7.59. The van der Waals surface area contributed by atoms with E-state index in [0.29, 0.717) is 36.3 Å². The first kappa shape index (κ1) is 18.0. The molecule has 3 rings (SSSR count). The Kier molecular flexibility index (Phi) is 5.45. The van der Waals surface area contributed by atoms with Gasteiger partial charge in [0.2, 0.25) is 5.91 Å². The summed E-state index contributed by atoms with van der Waals surface area (Å²) in [6, 6.07) is 4.76. The third-order valence-electron chi connectivity index (χ3n) is 3.80. The largest absolute Gasteiger partial charge is 0.507 e. The molecule has 7 nitrogen and oxygen atoms in total. The molecule has 0 unspecified atom stereocenters. The Balaban J connectivity index is 1.72. The number of hydrogen-bond acceptors (Lipinski definition) is 6. The summed E-state index contributed by atoms with van der Waals surface area (Å²) < 4.78 is 5.68. The highest BCUT2D eigenvalue weighted by Gasteiger charge is 2.37. The maximum Gasteiger partial charge on any atom is 0.294 e. The number of phenolic OH excluding ortho intramolecular Hbond substituents is 1. The zero-order valence-corrected chi connectivity index (χ0v) is 15.5. The van der Waals surface area contributed by atoms with Crippen LogP contribution in [0.5, 0.6) is 5.75 Å². The molecule has 1 N–H and O–H groups in total. The van der Waals surface area contributed by atoms with Crippen LogP contribution >= 0.6 is 27.7 Å². The van der Waals surface area contributed by atoms with E-state index in [-0.39, 0.29) is 23.1 Å². The van der Waals surface area contributed by atoms with Crippen LogP contribution in [0, 0.1) is 0 Å². The molecule has 0 saturated carbocycles. The summed E-state index contributed by atoms with van der Waals surface area (Å²) in [5.74, 6) is -0.665. The molecule has 0 aromatic heterocycles. The van der Waals surface area contributed by atoms with E-state index >= 15 is 0 Å². The summed E-state index contributed by atoms with van der Waals surface area (Å²) >= 11 is 4.00. The molecule has 2 aliphatic heterocycles. The number of benzene rings is 1. The van der Waals surface area contributed by atoms with Crippen LogP contribution in [0.2, 0.25) is 0 Å². The Morgan fingerprint density at radius 2 is 2.04 bits per heavy atom. The van der Waals surface area contributed by atoms with E-state index in [0.717, 1.165) is 16.7 Å². The summed E-state index contributed by atoms with van der Waals surface area (Å²) in [4.78, 5) is 39.6. The molecule has 25 heavy (non-hydrogen) atoms. The van der Waals surface area contributed by atoms with Crippen LogP contribution in [0.25, 0.3) is 6.08 Å². The van der Waals surface area contributed by atoms with Crippen molar-refractivity contribution >= 4 is 50.8 Å². The van der Waals surface area contributed by atoms with Crippen molar-refractivity contribution in [1.29, 1.82) is 0 Å². The van der Waals surface area contributed by atoms with Crippen molar-refractivity contribution in [2.75, 3.05) is 32.8 Å². The van der Waals surface area contributed by atoms with Gasteiger partial charge in [-0.2, -0.15) is 0 Å². The summed E-state index contributed by atoms with van der Waals surface area (Å²) in [5, 5.41) is 9.05. The van der Waals surface area contributed by atoms with E-state index in [9.17, 15) is 19.5 Å². The number of carbonyl (C=O) groups is 3. The SMILES string of the molecule is O=C(CN1C(=O)S/C(=C/c2ccc(O)c(Br)c2)C1=O)N1CCOCC1. The van der Waals surface area contributed by atoms with Gasteiger partial charge in [0, 0.05) is 13.1 Å². The number of aromatic hydroxyl groups is 1. The monoisotopic (exact) mass is 426 g/mol. The molecule has 132 valence electrons. The van der Waals surface area contributed by atoms with Crippen molar-refractivity contribution in [2.24, 2.45) is 0 Å². The normalized spacial score (nSPS) is 19.8. The van der Waals surface area contributed by atoms with Gasteiger partial charge in [-0.3, -0.25) is 19.3 Å². The van der Waals surface area contributed by atoms with Gasteiger partial charge in [0.1, 0.15) is 12.3 Å². The first-order valence-electron chi connectivity index (χ1n) is 7.55. The van der Waals surface area contributed by atoms with Crippen molar-refractivity contribution in [3.8, 4) is 5.75 Å². The van der Waals surface area contributed by atoms with Gasteiger partial charge in [0.25, 0.3) is 11.1 Å². The summed E-state index contributed by atoms with van der Waals surface area (Å²) in [6.07, 6.45) is 1.56. The Labute approximate surface area is 156 Å². The highest BCUT2D eigenvalue weighted by molar-refractivity contribution is 9.10. The van der Waals surface area contributed by atoms with Gasteiger partial charge in [-0.1, -0.05) is 6.07 Å². The number of halogens is 1. The number of carbonyl (C=O) groups excluding carboxylic acids is 3. The first-order valence-corrected chi connectivity index (χ1v) is 9.16. The number of ether oxygens (including phenoxy) is 1. The molecule has 1 aromatic rings. The molecule has 0 radical (unpaired) electrons. The fourth-order valence-electron chi connectivity index (χ4n) is 2.45. The van der Waals surface area contributed by atoms with Crippen LogP contribution in [0.3, 0.4) is 0 Å². The number of nitrogens with zero attached hydrogens (tertiary/aromatic N) is 2. The predicted octanol–water partition coefficient (Wildman–Crippen LogP) is 2.05. The summed E-state index contributed by atoms with van der Waals surface area (Å²) in [7, 11) is 0. The molecule has 2 saturated heterocycles.